The lowest BCUT2D eigenvalue weighted by Crippen LogP contribution is -2.57. The molecule has 1 amide bonds. The van der Waals surface area contributed by atoms with Gasteiger partial charge in [-0.05, 0) is 25.1 Å². The second-order valence-corrected chi connectivity index (χ2v) is 9.09. The lowest BCUT2D eigenvalue weighted by molar-refractivity contribution is 0.0607. The highest BCUT2D eigenvalue weighted by molar-refractivity contribution is 7.15. The summed E-state index contributed by atoms with van der Waals surface area (Å²) in [6, 6.07) is 10.0. The first-order valence-corrected chi connectivity index (χ1v) is 11.5. The lowest BCUT2D eigenvalue weighted by Gasteiger charge is -2.36. The summed E-state index contributed by atoms with van der Waals surface area (Å²) in [6.07, 6.45) is 1.27. The van der Waals surface area contributed by atoms with E-state index in [1.165, 1.54) is 29.1 Å². The highest BCUT2D eigenvalue weighted by atomic mass is 32.1. The van der Waals surface area contributed by atoms with Gasteiger partial charge in [0.15, 0.2) is 16.6 Å². The number of aromatic nitrogens is 4. The van der Waals surface area contributed by atoms with Crippen LogP contribution < -0.4 is 16.2 Å². The second kappa shape index (κ2) is 9.04. The molecule has 0 bridgehead atoms. The number of benzene rings is 2. The predicted octanol–water partition coefficient (Wildman–Crippen LogP) is 2.70. The van der Waals surface area contributed by atoms with Crippen LogP contribution in [0.3, 0.4) is 0 Å². The molecule has 0 saturated carbocycles. The average Bonchev–Trinajstić information content (AvgIpc) is 3.36. The largest absolute Gasteiger partial charge is 0.442 e. The van der Waals surface area contributed by atoms with Crippen LogP contribution in [-0.2, 0) is 6.54 Å². The molecule has 1 saturated heterocycles. The molecule has 1 aliphatic rings. The molecule has 35 heavy (non-hydrogen) atoms. The fraction of sp³-hybridized carbons (Fsp3) is 0.217. The van der Waals surface area contributed by atoms with Gasteiger partial charge in [-0.25, -0.2) is 18.6 Å². The van der Waals surface area contributed by atoms with E-state index in [1.54, 1.807) is 30.0 Å². The summed E-state index contributed by atoms with van der Waals surface area (Å²) in [6.45, 7) is 2.60. The molecule has 3 heterocycles. The van der Waals surface area contributed by atoms with Gasteiger partial charge in [-0.15, -0.1) is 0 Å². The number of hydrogen-bond donors (Lipinski definition) is 1. The van der Waals surface area contributed by atoms with Gasteiger partial charge in [0.1, 0.15) is 12.1 Å². The van der Waals surface area contributed by atoms with E-state index < -0.39 is 17.3 Å². The standard InChI is InChI=1S/C23H20F2N6O3S/c1-13-22(35-20(28-13)21(32)29-10-15(26)11-29)34-19-7-6-16(8-18(19)25)31-23(33)30(12-27-31)9-14-4-2-3-5-17(14)24/h2-8,12,15H,9-11,26H2,1H3. The van der Waals surface area contributed by atoms with Crippen molar-refractivity contribution >= 4 is 17.2 Å². The van der Waals surface area contributed by atoms with E-state index in [0.29, 0.717) is 24.3 Å². The number of nitrogens with zero attached hydrogens (tertiary/aromatic N) is 5. The van der Waals surface area contributed by atoms with Crippen molar-refractivity contribution in [3.63, 3.8) is 0 Å². The first-order chi connectivity index (χ1) is 16.8. The molecule has 2 aromatic carbocycles. The molecule has 1 fully saturated rings. The number of carbonyl (C=O) groups excluding carboxylic acids is 1. The monoisotopic (exact) mass is 498 g/mol. The summed E-state index contributed by atoms with van der Waals surface area (Å²) in [5, 5.41) is 4.55. The van der Waals surface area contributed by atoms with Crippen LogP contribution in [-0.4, -0.2) is 49.3 Å². The average molecular weight is 499 g/mol. The third kappa shape index (κ3) is 4.45. The number of hydrogen-bond acceptors (Lipinski definition) is 7. The van der Waals surface area contributed by atoms with E-state index in [-0.39, 0.29) is 40.0 Å². The molecule has 4 aromatic rings. The maximum atomic E-state index is 14.9. The van der Waals surface area contributed by atoms with Crippen molar-refractivity contribution in [2.75, 3.05) is 13.1 Å². The SMILES string of the molecule is Cc1nc(C(=O)N2CC(N)C2)sc1Oc1ccc(-n2ncn(Cc3ccccc3F)c2=O)cc1F. The Morgan fingerprint density at radius 3 is 2.69 bits per heavy atom. The van der Waals surface area contributed by atoms with Crippen molar-refractivity contribution in [2.45, 2.75) is 19.5 Å². The molecule has 2 aromatic heterocycles. The minimum absolute atomic E-state index is 0.00967. The van der Waals surface area contributed by atoms with Crippen molar-refractivity contribution in [2.24, 2.45) is 5.73 Å². The minimum atomic E-state index is -0.729. The normalized spacial score (nSPS) is 13.7. The Morgan fingerprint density at radius 2 is 1.97 bits per heavy atom. The molecule has 0 unspecified atom stereocenters. The number of rotatable bonds is 6. The predicted molar refractivity (Wildman–Crippen MR) is 124 cm³/mol. The van der Waals surface area contributed by atoms with E-state index >= 15 is 0 Å². The zero-order valence-corrected chi connectivity index (χ0v) is 19.3. The molecule has 5 rings (SSSR count). The number of amides is 1. The number of thiazole rings is 1. The van der Waals surface area contributed by atoms with E-state index in [1.807, 2.05) is 0 Å². The molecule has 9 nitrogen and oxygen atoms in total. The smallest absolute Gasteiger partial charge is 0.350 e. The number of halogens is 2. The summed E-state index contributed by atoms with van der Waals surface area (Å²) < 4.78 is 36.7. The Kier molecular flexibility index (Phi) is 5.91. The number of carbonyl (C=O) groups is 1. The van der Waals surface area contributed by atoms with Crippen molar-refractivity contribution in [3.05, 3.63) is 87.2 Å². The number of nitrogens with two attached hydrogens (primary N) is 1. The van der Waals surface area contributed by atoms with Crippen LogP contribution >= 0.6 is 11.3 Å². The Labute approximate surface area is 202 Å². The quantitative estimate of drug-likeness (QED) is 0.438. The van der Waals surface area contributed by atoms with Gasteiger partial charge in [-0.3, -0.25) is 9.36 Å². The zero-order chi connectivity index (χ0) is 24.7. The van der Waals surface area contributed by atoms with Crippen LogP contribution in [0.5, 0.6) is 10.8 Å². The van der Waals surface area contributed by atoms with Gasteiger partial charge >= 0.3 is 5.69 Å². The van der Waals surface area contributed by atoms with Gasteiger partial charge < -0.3 is 15.4 Å². The third-order valence-electron chi connectivity index (χ3n) is 5.53. The van der Waals surface area contributed by atoms with E-state index in [0.717, 1.165) is 22.1 Å². The van der Waals surface area contributed by atoms with Crippen LogP contribution in [0.25, 0.3) is 5.69 Å². The summed E-state index contributed by atoms with van der Waals surface area (Å²) in [5.41, 5.74) is 6.14. The molecule has 180 valence electrons. The Bertz CT molecular complexity index is 1470. The van der Waals surface area contributed by atoms with Crippen LogP contribution in [0.2, 0.25) is 0 Å². The van der Waals surface area contributed by atoms with Crippen molar-refractivity contribution in [1.82, 2.24) is 24.2 Å². The van der Waals surface area contributed by atoms with Crippen molar-refractivity contribution < 1.29 is 18.3 Å². The van der Waals surface area contributed by atoms with E-state index in [4.69, 9.17) is 10.5 Å². The summed E-state index contributed by atoms with van der Waals surface area (Å²) in [7, 11) is 0. The highest BCUT2D eigenvalue weighted by Gasteiger charge is 2.31. The third-order valence-corrected chi connectivity index (χ3v) is 6.55. The Morgan fingerprint density at radius 1 is 1.20 bits per heavy atom. The van der Waals surface area contributed by atoms with Gasteiger partial charge in [0.05, 0.1) is 17.9 Å². The molecule has 12 heteroatoms. The molecule has 1 aliphatic heterocycles. The zero-order valence-electron chi connectivity index (χ0n) is 18.5. The van der Waals surface area contributed by atoms with Crippen molar-refractivity contribution in [1.29, 1.82) is 0 Å². The first kappa shape index (κ1) is 22.9. The van der Waals surface area contributed by atoms with Crippen LogP contribution in [0, 0.1) is 18.6 Å². The van der Waals surface area contributed by atoms with Gasteiger partial charge in [0.2, 0.25) is 5.06 Å². The fourth-order valence-corrected chi connectivity index (χ4v) is 4.52. The maximum absolute atomic E-state index is 14.9. The van der Waals surface area contributed by atoms with Gasteiger partial charge in [0, 0.05) is 30.8 Å². The second-order valence-electron chi connectivity index (χ2n) is 8.12. The minimum Gasteiger partial charge on any atom is -0.442 e. The molecule has 0 spiro atoms. The molecule has 0 atom stereocenters. The maximum Gasteiger partial charge on any atom is 0.350 e. The van der Waals surface area contributed by atoms with Gasteiger partial charge in [-0.1, -0.05) is 29.5 Å². The van der Waals surface area contributed by atoms with Crippen LogP contribution in [0.4, 0.5) is 8.78 Å². The Balaban J connectivity index is 1.34. The van der Waals surface area contributed by atoms with Gasteiger partial charge in [-0.2, -0.15) is 9.78 Å². The number of aryl methyl sites for hydroxylation is 1. The van der Waals surface area contributed by atoms with Crippen LogP contribution in [0.1, 0.15) is 21.1 Å². The molecule has 0 radical (unpaired) electrons. The summed E-state index contributed by atoms with van der Waals surface area (Å²) in [5.74, 6) is -1.50. The number of likely N-dealkylation sites (tertiary alicyclic amines) is 1. The fourth-order valence-electron chi connectivity index (χ4n) is 3.62. The topological polar surface area (TPSA) is 108 Å². The lowest BCUT2D eigenvalue weighted by atomic mass is 10.1. The first-order valence-electron chi connectivity index (χ1n) is 10.7. The summed E-state index contributed by atoms with van der Waals surface area (Å²) >= 11 is 1.02. The molecule has 2 N–H and O–H groups in total. The highest BCUT2D eigenvalue weighted by Crippen LogP contribution is 2.34. The van der Waals surface area contributed by atoms with E-state index in [9.17, 15) is 18.4 Å². The Hall–Kier alpha value is -3.90. The summed E-state index contributed by atoms with van der Waals surface area (Å²) in [4.78, 5) is 31.0. The molecular weight excluding hydrogens is 478 g/mol. The van der Waals surface area contributed by atoms with Gasteiger partial charge in [0.25, 0.3) is 5.91 Å². The number of ether oxygens (including phenoxy) is 1. The molecular formula is C23H20F2N6O3S. The van der Waals surface area contributed by atoms with Crippen LogP contribution in [0.15, 0.2) is 53.6 Å². The van der Waals surface area contributed by atoms with Crippen molar-refractivity contribution in [3.8, 4) is 16.5 Å². The molecule has 0 aliphatic carbocycles. The van der Waals surface area contributed by atoms with E-state index in [2.05, 4.69) is 10.1 Å².